The lowest BCUT2D eigenvalue weighted by molar-refractivity contribution is 0.0607. The van der Waals surface area contributed by atoms with E-state index in [9.17, 15) is 4.79 Å². The van der Waals surface area contributed by atoms with Gasteiger partial charge >= 0.3 is 5.97 Å². The van der Waals surface area contributed by atoms with Crippen molar-refractivity contribution < 1.29 is 9.53 Å². The summed E-state index contributed by atoms with van der Waals surface area (Å²) in [6.45, 7) is 8.24. The van der Waals surface area contributed by atoms with Crippen LogP contribution in [0.1, 0.15) is 32.9 Å². The topological polar surface area (TPSA) is 62.6 Å². The quantitative estimate of drug-likeness (QED) is 0.559. The third kappa shape index (κ3) is 4.91. The zero-order valence-electron chi connectivity index (χ0n) is 17.1. The van der Waals surface area contributed by atoms with E-state index in [4.69, 9.17) is 28.6 Å². The summed E-state index contributed by atoms with van der Waals surface area (Å²) >= 11 is 13.4. The maximum absolute atomic E-state index is 12.0. The van der Waals surface area contributed by atoms with E-state index in [-0.39, 0.29) is 5.97 Å². The number of esters is 1. The van der Waals surface area contributed by atoms with Crippen molar-refractivity contribution in [2.24, 2.45) is 7.05 Å². The number of carbonyl (C=O) groups is 1. The molecular weight excluding hydrogens is 430 g/mol. The fourth-order valence-electron chi connectivity index (χ4n) is 3.44. The first kappa shape index (κ1) is 22.0. The number of ether oxygens (including phenoxy) is 1. The zero-order chi connectivity index (χ0) is 21.1. The largest absolute Gasteiger partial charge is 0.465 e. The Morgan fingerprint density at radius 2 is 2.10 bits per heavy atom. The molecule has 0 aromatic carbocycles. The van der Waals surface area contributed by atoms with Gasteiger partial charge in [0.2, 0.25) is 0 Å². The molecule has 1 fully saturated rings. The SMILES string of the molecule is COC(=O)c1scc(C)c1NC(=S)N1CCCN(Cc2c(C)nn(C)c2Cl)CC1. The first-order chi connectivity index (χ1) is 13.8. The maximum atomic E-state index is 12.0. The molecule has 158 valence electrons. The summed E-state index contributed by atoms with van der Waals surface area (Å²) in [7, 11) is 3.25. The van der Waals surface area contributed by atoms with Crippen molar-refractivity contribution in [3.63, 3.8) is 0 Å². The highest BCUT2D eigenvalue weighted by Crippen LogP contribution is 2.29. The molecule has 0 aliphatic carbocycles. The monoisotopic (exact) mass is 455 g/mol. The van der Waals surface area contributed by atoms with Gasteiger partial charge in [-0.05, 0) is 43.4 Å². The number of methoxy groups -OCH3 is 1. The molecule has 3 heterocycles. The van der Waals surface area contributed by atoms with Gasteiger partial charge in [-0.3, -0.25) is 9.58 Å². The van der Waals surface area contributed by atoms with Crippen LogP contribution in [0.25, 0.3) is 0 Å². The Bertz CT molecular complexity index is 911. The molecule has 0 radical (unpaired) electrons. The number of thiophene rings is 1. The lowest BCUT2D eigenvalue weighted by Gasteiger charge is -2.25. The number of carbonyl (C=O) groups excluding carboxylic acids is 1. The number of halogens is 1. The lowest BCUT2D eigenvalue weighted by atomic mass is 10.2. The van der Waals surface area contributed by atoms with E-state index in [0.29, 0.717) is 15.1 Å². The highest BCUT2D eigenvalue weighted by Gasteiger charge is 2.22. The van der Waals surface area contributed by atoms with Gasteiger partial charge in [0.1, 0.15) is 10.0 Å². The molecule has 29 heavy (non-hydrogen) atoms. The van der Waals surface area contributed by atoms with Crippen molar-refractivity contribution in [1.29, 1.82) is 0 Å². The molecule has 2 aromatic rings. The molecule has 1 saturated heterocycles. The second-order valence-corrected chi connectivity index (χ2v) is 8.76. The number of aromatic nitrogens is 2. The van der Waals surface area contributed by atoms with Crippen LogP contribution >= 0.6 is 35.2 Å². The summed E-state index contributed by atoms with van der Waals surface area (Å²) in [5.74, 6) is -0.348. The van der Waals surface area contributed by atoms with E-state index < -0.39 is 0 Å². The fraction of sp³-hybridized carbons (Fsp3) is 0.526. The highest BCUT2D eigenvalue weighted by molar-refractivity contribution is 7.80. The van der Waals surface area contributed by atoms with Gasteiger partial charge in [0.15, 0.2) is 5.11 Å². The Morgan fingerprint density at radius 3 is 2.76 bits per heavy atom. The minimum atomic E-state index is -0.348. The fourth-order valence-corrected chi connectivity index (χ4v) is 4.88. The van der Waals surface area contributed by atoms with E-state index in [1.54, 1.807) is 4.68 Å². The molecule has 2 aromatic heterocycles. The molecule has 1 aliphatic heterocycles. The van der Waals surface area contributed by atoms with Gasteiger partial charge in [-0.25, -0.2) is 4.79 Å². The van der Waals surface area contributed by atoms with Crippen LogP contribution in [0.4, 0.5) is 5.69 Å². The van der Waals surface area contributed by atoms with Crippen molar-refractivity contribution in [2.75, 3.05) is 38.6 Å². The van der Waals surface area contributed by atoms with E-state index in [1.807, 2.05) is 26.3 Å². The molecule has 0 atom stereocenters. The van der Waals surface area contributed by atoms with E-state index in [0.717, 1.165) is 61.7 Å². The number of nitrogens with zero attached hydrogens (tertiary/aromatic N) is 4. The Hall–Kier alpha value is -1.68. The van der Waals surface area contributed by atoms with Crippen LogP contribution in [-0.2, 0) is 18.3 Å². The van der Waals surface area contributed by atoms with Crippen LogP contribution in [0.3, 0.4) is 0 Å². The molecule has 0 bridgehead atoms. The number of aryl methyl sites for hydroxylation is 3. The van der Waals surface area contributed by atoms with Crippen LogP contribution in [0.2, 0.25) is 5.15 Å². The number of anilines is 1. The van der Waals surface area contributed by atoms with E-state index in [2.05, 4.69) is 20.2 Å². The normalized spacial score (nSPS) is 15.3. The predicted octanol–water partition coefficient (Wildman–Crippen LogP) is 3.44. The summed E-state index contributed by atoms with van der Waals surface area (Å²) < 4.78 is 6.60. The van der Waals surface area contributed by atoms with Gasteiger partial charge in [0, 0.05) is 45.3 Å². The van der Waals surface area contributed by atoms with Gasteiger partial charge in [0.05, 0.1) is 18.5 Å². The Balaban J connectivity index is 1.63. The molecule has 10 heteroatoms. The lowest BCUT2D eigenvalue weighted by Crippen LogP contribution is -2.38. The minimum Gasteiger partial charge on any atom is -0.465 e. The molecule has 0 spiro atoms. The van der Waals surface area contributed by atoms with Gasteiger partial charge in [-0.1, -0.05) is 11.6 Å². The highest BCUT2D eigenvalue weighted by atomic mass is 35.5. The van der Waals surface area contributed by atoms with Crippen molar-refractivity contribution in [1.82, 2.24) is 19.6 Å². The van der Waals surface area contributed by atoms with Gasteiger partial charge < -0.3 is 15.0 Å². The third-order valence-corrected chi connectivity index (χ3v) is 7.02. The average Bonchev–Trinajstić information content (AvgIpc) is 3.04. The van der Waals surface area contributed by atoms with Crippen molar-refractivity contribution in [3.05, 3.63) is 32.2 Å². The number of hydrogen-bond acceptors (Lipinski definition) is 6. The van der Waals surface area contributed by atoms with Crippen molar-refractivity contribution in [2.45, 2.75) is 26.8 Å². The third-order valence-electron chi connectivity index (χ3n) is 5.10. The van der Waals surface area contributed by atoms with Gasteiger partial charge in [-0.2, -0.15) is 5.10 Å². The Kier molecular flexibility index (Phi) is 7.15. The number of rotatable bonds is 4. The number of nitrogens with one attached hydrogen (secondary N) is 1. The summed E-state index contributed by atoms with van der Waals surface area (Å²) in [5.41, 5.74) is 3.78. The van der Waals surface area contributed by atoms with Crippen LogP contribution in [0.15, 0.2) is 5.38 Å². The summed E-state index contributed by atoms with van der Waals surface area (Å²) in [6.07, 6.45) is 0.991. The van der Waals surface area contributed by atoms with Crippen molar-refractivity contribution >= 4 is 51.9 Å². The molecule has 7 nitrogen and oxygen atoms in total. The first-order valence-electron chi connectivity index (χ1n) is 9.44. The second kappa shape index (κ2) is 9.42. The molecule has 3 rings (SSSR count). The summed E-state index contributed by atoms with van der Waals surface area (Å²) in [4.78, 5) is 17.1. The molecule has 0 unspecified atom stereocenters. The maximum Gasteiger partial charge on any atom is 0.350 e. The van der Waals surface area contributed by atoms with E-state index in [1.165, 1.54) is 18.4 Å². The van der Waals surface area contributed by atoms with Crippen LogP contribution < -0.4 is 5.32 Å². The van der Waals surface area contributed by atoms with E-state index >= 15 is 0 Å². The Labute approximate surface area is 185 Å². The minimum absolute atomic E-state index is 0.348. The first-order valence-corrected chi connectivity index (χ1v) is 11.1. The Morgan fingerprint density at radius 1 is 1.34 bits per heavy atom. The molecule has 1 N–H and O–H groups in total. The van der Waals surface area contributed by atoms with Crippen LogP contribution in [0.5, 0.6) is 0 Å². The average molecular weight is 456 g/mol. The van der Waals surface area contributed by atoms with Gasteiger partial charge in [-0.15, -0.1) is 11.3 Å². The number of hydrogen-bond donors (Lipinski definition) is 1. The molecule has 0 amide bonds. The standard InChI is InChI=1S/C19H26ClN5O2S2/c1-12-11-29-16(18(26)27-4)15(12)21-19(28)25-7-5-6-24(8-9-25)10-14-13(2)22-23(3)17(14)20/h11H,5-10H2,1-4H3,(H,21,28). The molecular formula is C19H26ClN5O2S2. The summed E-state index contributed by atoms with van der Waals surface area (Å²) in [5, 5.41) is 10.9. The summed E-state index contributed by atoms with van der Waals surface area (Å²) in [6, 6.07) is 0. The smallest absolute Gasteiger partial charge is 0.350 e. The van der Waals surface area contributed by atoms with Crippen LogP contribution in [-0.4, -0.2) is 64.0 Å². The van der Waals surface area contributed by atoms with Crippen LogP contribution in [0, 0.1) is 13.8 Å². The number of thiocarbonyl (C=S) groups is 1. The predicted molar refractivity (Wildman–Crippen MR) is 121 cm³/mol. The molecule has 1 aliphatic rings. The zero-order valence-corrected chi connectivity index (χ0v) is 19.5. The molecule has 0 saturated carbocycles. The van der Waals surface area contributed by atoms with Crippen molar-refractivity contribution in [3.8, 4) is 0 Å². The van der Waals surface area contributed by atoms with Gasteiger partial charge in [0.25, 0.3) is 0 Å². The second-order valence-electron chi connectivity index (χ2n) is 7.14.